The average molecular weight is 265 g/mol. The SMILES string of the molecule is COc1cc2c(c(OC)c1OC)CC(C(C)C)CN2. The van der Waals surface area contributed by atoms with Crippen LogP contribution in [0.3, 0.4) is 0 Å². The summed E-state index contributed by atoms with van der Waals surface area (Å²) in [4.78, 5) is 0. The molecule has 1 aromatic carbocycles. The van der Waals surface area contributed by atoms with Gasteiger partial charge in [0.2, 0.25) is 5.75 Å². The van der Waals surface area contributed by atoms with E-state index in [4.69, 9.17) is 14.2 Å². The van der Waals surface area contributed by atoms with Crippen molar-refractivity contribution in [3.63, 3.8) is 0 Å². The van der Waals surface area contributed by atoms with Gasteiger partial charge in [-0.25, -0.2) is 0 Å². The number of rotatable bonds is 4. The van der Waals surface area contributed by atoms with Crippen LogP contribution in [0.4, 0.5) is 5.69 Å². The van der Waals surface area contributed by atoms with Crippen molar-refractivity contribution in [3.8, 4) is 17.2 Å². The number of methoxy groups -OCH3 is 3. The first-order valence-electron chi connectivity index (χ1n) is 6.68. The van der Waals surface area contributed by atoms with E-state index in [9.17, 15) is 0 Å². The maximum atomic E-state index is 5.56. The molecule has 0 aliphatic carbocycles. The van der Waals surface area contributed by atoms with Gasteiger partial charge in [-0.2, -0.15) is 0 Å². The molecule has 1 aromatic rings. The van der Waals surface area contributed by atoms with E-state index in [0.717, 1.165) is 24.4 Å². The molecule has 1 unspecified atom stereocenters. The van der Waals surface area contributed by atoms with Crippen LogP contribution >= 0.6 is 0 Å². The van der Waals surface area contributed by atoms with E-state index in [1.807, 2.05) is 6.07 Å². The number of hydrogen-bond donors (Lipinski definition) is 1. The lowest BCUT2D eigenvalue weighted by atomic mass is 9.85. The fraction of sp³-hybridized carbons (Fsp3) is 0.600. The molecule has 0 fully saturated rings. The molecule has 1 aliphatic rings. The van der Waals surface area contributed by atoms with E-state index in [1.54, 1.807) is 21.3 Å². The highest BCUT2D eigenvalue weighted by atomic mass is 16.5. The van der Waals surface area contributed by atoms with Gasteiger partial charge in [0, 0.05) is 23.9 Å². The average Bonchev–Trinajstić information content (AvgIpc) is 2.44. The molecule has 0 bridgehead atoms. The minimum absolute atomic E-state index is 0.611. The highest BCUT2D eigenvalue weighted by molar-refractivity contribution is 5.69. The van der Waals surface area contributed by atoms with Crippen LogP contribution in [-0.4, -0.2) is 27.9 Å². The van der Waals surface area contributed by atoms with E-state index < -0.39 is 0 Å². The summed E-state index contributed by atoms with van der Waals surface area (Å²) in [6, 6.07) is 1.99. The molecule has 0 spiro atoms. The molecule has 106 valence electrons. The van der Waals surface area contributed by atoms with E-state index >= 15 is 0 Å². The third-order valence-corrected chi connectivity index (χ3v) is 3.90. The Morgan fingerprint density at radius 2 is 1.79 bits per heavy atom. The zero-order valence-electron chi connectivity index (χ0n) is 12.4. The fourth-order valence-corrected chi connectivity index (χ4v) is 2.62. The number of fused-ring (bicyclic) bond motifs is 1. The molecular formula is C15H23NO3. The van der Waals surface area contributed by atoms with E-state index in [2.05, 4.69) is 19.2 Å². The van der Waals surface area contributed by atoms with E-state index in [-0.39, 0.29) is 0 Å². The zero-order valence-corrected chi connectivity index (χ0v) is 12.4. The van der Waals surface area contributed by atoms with Gasteiger partial charge in [0.1, 0.15) is 0 Å². The summed E-state index contributed by atoms with van der Waals surface area (Å²) in [5.74, 6) is 3.41. The lowest BCUT2D eigenvalue weighted by molar-refractivity contribution is 0.316. The molecular weight excluding hydrogens is 242 g/mol. The second kappa shape index (κ2) is 5.59. The first-order valence-corrected chi connectivity index (χ1v) is 6.68. The molecule has 4 nitrogen and oxygen atoms in total. The van der Waals surface area contributed by atoms with Crippen molar-refractivity contribution in [3.05, 3.63) is 11.6 Å². The Labute approximate surface area is 115 Å². The molecule has 1 atom stereocenters. The number of hydrogen-bond acceptors (Lipinski definition) is 4. The van der Waals surface area contributed by atoms with Crippen LogP contribution in [0.15, 0.2) is 6.07 Å². The molecule has 0 amide bonds. The Balaban J connectivity index is 2.49. The second-order valence-electron chi connectivity index (χ2n) is 5.26. The number of benzene rings is 1. The molecule has 1 heterocycles. The van der Waals surface area contributed by atoms with Crippen molar-refractivity contribution in [2.75, 3.05) is 33.2 Å². The van der Waals surface area contributed by atoms with Gasteiger partial charge >= 0.3 is 0 Å². The lowest BCUT2D eigenvalue weighted by Gasteiger charge is -2.31. The van der Waals surface area contributed by atoms with Crippen LogP contribution in [0.25, 0.3) is 0 Å². The largest absolute Gasteiger partial charge is 0.493 e. The molecule has 4 heteroatoms. The van der Waals surface area contributed by atoms with Crippen LogP contribution in [0.2, 0.25) is 0 Å². The molecule has 0 saturated carbocycles. The summed E-state index contributed by atoms with van der Waals surface area (Å²) in [6.07, 6.45) is 1.00. The first kappa shape index (κ1) is 13.8. The smallest absolute Gasteiger partial charge is 0.203 e. The first-order chi connectivity index (χ1) is 9.12. The predicted octanol–water partition coefficient (Wildman–Crippen LogP) is 2.95. The van der Waals surface area contributed by atoms with Crippen molar-refractivity contribution >= 4 is 5.69 Å². The van der Waals surface area contributed by atoms with Crippen molar-refractivity contribution in [2.45, 2.75) is 20.3 Å². The molecule has 19 heavy (non-hydrogen) atoms. The van der Waals surface area contributed by atoms with Gasteiger partial charge in [-0.1, -0.05) is 13.8 Å². The second-order valence-corrected chi connectivity index (χ2v) is 5.26. The minimum Gasteiger partial charge on any atom is -0.493 e. The maximum Gasteiger partial charge on any atom is 0.203 e. The normalized spacial score (nSPS) is 17.7. The fourth-order valence-electron chi connectivity index (χ4n) is 2.62. The maximum absolute atomic E-state index is 5.56. The van der Waals surface area contributed by atoms with Gasteiger partial charge in [0.05, 0.1) is 21.3 Å². The van der Waals surface area contributed by atoms with E-state index in [0.29, 0.717) is 23.3 Å². The topological polar surface area (TPSA) is 39.7 Å². The van der Waals surface area contributed by atoms with Gasteiger partial charge in [-0.15, -0.1) is 0 Å². The summed E-state index contributed by atoms with van der Waals surface area (Å²) in [6.45, 7) is 5.50. The Morgan fingerprint density at radius 3 is 2.32 bits per heavy atom. The van der Waals surface area contributed by atoms with Crippen molar-refractivity contribution in [1.29, 1.82) is 0 Å². The zero-order chi connectivity index (χ0) is 14.0. The molecule has 0 saturated heterocycles. The number of anilines is 1. The van der Waals surface area contributed by atoms with Gasteiger partial charge in [0.25, 0.3) is 0 Å². The Morgan fingerprint density at radius 1 is 1.11 bits per heavy atom. The van der Waals surface area contributed by atoms with Crippen LogP contribution in [0, 0.1) is 11.8 Å². The summed E-state index contributed by atoms with van der Waals surface area (Å²) in [5, 5.41) is 3.48. The summed E-state index contributed by atoms with van der Waals surface area (Å²) < 4.78 is 16.4. The number of ether oxygens (including phenoxy) is 3. The Bertz CT molecular complexity index is 457. The summed E-state index contributed by atoms with van der Waals surface area (Å²) in [7, 11) is 4.96. The predicted molar refractivity (Wildman–Crippen MR) is 76.6 cm³/mol. The molecule has 1 aliphatic heterocycles. The van der Waals surface area contributed by atoms with Gasteiger partial charge in [-0.05, 0) is 18.3 Å². The molecule has 0 aromatic heterocycles. The van der Waals surface area contributed by atoms with Crippen molar-refractivity contribution in [1.82, 2.24) is 0 Å². The molecule has 0 radical (unpaired) electrons. The lowest BCUT2D eigenvalue weighted by Crippen LogP contribution is -2.27. The summed E-state index contributed by atoms with van der Waals surface area (Å²) in [5.41, 5.74) is 2.27. The number of nitrogens with one attached hydrogen (secondary N) is 1. The van der Waals surface area contributed by atoms with Crippen LogP contribution in [0.1, 0.15) is 19.4 Å². The monoisotopic (exact) mass is 265 g/mol. The van der Waals surface area contributed by atoms with Crippen LogP contribution in [-0.2, 0) is 6.42 Å². The highest BCUT2D eigenvalue weighted by Crippen LogP contribution is 2.46. The Kier molecular flexibility index (Phi) is 4.08. The van der Waals surface area contributed by atoms with Gasteiger partial charge in [0.15, 0.2) is 11.5 Å². The third-order valence-electron chi connectivity index (χ3n) is 3.90. The van der Waals surface area contributed by atoms with Gasteiger partial charge in [-0.3, -0.25) is 0 Å². The van der Waals surface area contributed by atoms with Gasteiger partial charge < -0.3 is 19.5 Å². The standard InChI is InChI=1S/C15H23NO3/c1-9(2)10-6-11-12(16-8-10)7-13(17-3)15(19-5)14(11)18-4/h7,9-10,16H,6,8H2,1-5H3. The molecule has 1 N–H and O–H groups in total. The Hall–Kier alpha value is -1.58. The van der Waals surface area contributed by atoms with Crippen LogP contribution < -0.4 is 19.5 Å². The quantitative estimate of drug-likeness (QED) is 0.908. The minimum atomic E-state index is 0.611. The molecule has 2 rings (SSSR count). The van der Waals surface area contributed by atoms with Crippen LogP contribution in [0.5, 0.6) is 17.2 Å². The highest BCUT2D eigenvalue weighted by Gasteiger charge is 2.27. The van der Waals surface area contributed by atoms with Crippen molar-refractivity contribution < 1.29 is 14.2 Å². The van der Waals surface area contributed by atoms with E-state index in [1.165, 1.54) is 5.56 Å². The van der Waals surface area contributed by atoms with Crippen molar-refractivity contribution in [2.24, 2.45) is 11.8 Å². The third kappa shape index (κ3) is 2.44. The summed E-state index contributed by atoms with van der Waals surface area (Å²) >= 11 is 0.